The van der Waals surface area contributed by atoms with Gasteiger partial charge in [-0.15, -0.1) is 5.10 Å². The van der Waals surface area contributed by atoms with Crippen molar-refractivity contribution in [2.24, 2.45) is 5.73 Å². The van der Waals surface area contributed by atoms with Crippen LogP contribution in [0.25, 0.3) is 0 Å². The van der Waals surface area contributed by atoms with Crippen LogP contribution in [0.1, 0.15) is 16.8 Å². The summed E-state index contributed by atoms with van der Waals surface area (Å²) in [5.41, 5.74) is 8.96. The van der Waals surface area contributed by atoms with Crippen LogP contribution in [-0.4, -0.2) is 21.6 Å². The zero-order valence-electron chi connectivity index (χ0n) is 10.2. The Labute approximate surface area is 106 Å². The van der Waals surface area contributed by atoms with Crippen LogP contribution in [-0.2, 0) is 25.9 Å². The van der Waals surface area contributed by atoms with Crippen LogP contribution in [0.5, 0.6) is 5.75 Å². The molecule has 5 heteroatoms. The van der Waals surface area contributed by atoms with Crippen LogP contribution in [0, 0.1) is 0 Å². The Balaban J connectivity index is 1.66. The minimum absolute atomic E-state index is 0.441. The maximum Gasteiger partial charge on any atom is 0.122 e. The van der Waals surface area contributed by atoms with Gasteiger partial charge in [0.1, 0.15) is 5.75 Å². The molecule has 2 heterocycles. The molecule has 0 spiro atoms. The van der Waals surface area contributed by atoms with Crippen LogP contribution in [0.2, 0.25) is 0 Å². The van der Waals surface area contributed by atoms with E-state index in [9.17, 15) is 0 Å². The molecule has 0 radical (unpaired) electrons. The first-order valence-electron chi connectivity index (χ1n) is 6.19. The Kier molecular flexibility index (Phi) is 2.98. The molecule has 0 saturated carbocycles. The molecule has 0 aliphatic carbocycles. The normalized spacial score (nSPS) is 13.4. The van der Waals surface area contributed by atoms with Crippen LogP contribution in [0.3, 0.4) is 0 Å². The summed E-state index contributed by atoms with van der Waals surface area (Å²) in [5.74, 6) is 1.03. The summed E-state index contributed by atoms with van der Waals surface area (Å²) >= 11 is 0. The van der Waals surface area contributed by atoms with Crippen molar-refractivity contribution in [2.45, 2.75) is 25.9 Å². The Morgan fingerprint density at radius 3 is 3.17 bits per heavy atom. The van der Waals surface area contributed by atoms with Gasteiger partial charge in [0.05, 0.1) is 12.3 Å². The van der Waals surface area contributed by atoms with Crippen LogP contribution < -0.4 is 10.5 Å². The minimum atomic E-state index is 0.441. The van der Waals surface area contributed by atoms with Gasteiger partial charge in [-0.05, 0) is 23.6 Å². The fourth-order valence-corrected chi connectivity index (χ4v) is 2.18. The molecular formula is C13H16N4O. The highest BCUT2D eigenvalue weighted by Gasteiger charge is 2.11. The number of nitrogens with zero attached hydrogens (tertiary/aromatic N) is 3. The van der Waals surface area contributed by atoms with E-state index in [0.29, 0.717) is 6.54 Å². The molecule has 0 unspecified atom stereocenters. The number of aromatic nitrogens is 3. The first-order valence-corrected chi connectivity index (χ1v) is 6.19. The number of fused-ring (bicyclic) bond motifs is 1. The van der Waals surface area contributed by atoms with Crippen LogP contribution in [0.4, 0.5) is 0 Å². The molecule has 1 aromatic heterocycles. The Morgan fingerprint density at radius 1 is 1.39 bits per heavy atom. The van der Waals surface area contributed by atoms with E-state index in [1.54, 1.807) is 0 Å². The molecule has 0 atom stereocenters. The van der Waals surface area contributed by atoms with Crippen molar-refractivity contribution in [3.63, 3.8) is 0 Å². The molecule has 2 N–H and O–H groups in total. The largest absolute Gasteiger partial charge is 0.493 e. The third-order valence-electron chi connectivity index (χ3n) is 3.18. The Hall–Kier alpha value is -1.88. The summed E-state index contributed by atoms with van der Waals surface area (Å²) in [6.07, 6.45) is 3.86. The second-order valence-electron chi connectivity index (χ2n) is 4.47. The van der Waals surface area contributed by atoms with Crippen molar-refractivity contribution in [3.05, 3.63) is 41.2 Å². The van der Waals surface area contributed by atoms with Gasteiger partial charge < -0.3 is 10.5 Å². The summed E-state index contributed by atoms with van der Waals surface area (Å²) in [5, 5.41) is 8.01. The van der Waals surface area contributed by atoms with Gasteiger partial charge in [-0.25, -0.2) is 0 Å². The molecule has 3 rings (SSSR count). The molecule has 0 amide bonds. The van der Waals surface area contributed by atoms with E-state index in [2.05, 4.69) is 28.5 Å². The SMILES string of the molecule is NCc1cn(CCc2ccc3c(c2)CCO3)nn1. The highest BCUT2D eigenvalue weighted by molar-refractivity contribution is 5.39. The van der Waals surface area contributed by atoms with E-state index < -0.39 is 0 Å². The summed E-state index contributed by atoms with van der Waals surface area (Å²) < 4.78 is 7.33. The third kappa shape index (κ3) is 2.22. The maximum absolute atomic E-state index is 5.50. The van der Waals surface area contributed by atoms with Gasteiger partial charge in [0.15, 0.2) is 0 Å². The average Bonchev–Trinajstić information content (AvgIpc) is 3.04. The molecule has 94 valence electrons. The van der Waals surface area contributed by atoms with Gasteiger partial charge in [0, 0.05) is 25.7 Å². The van der Waals surface area contributed by atoms with Crippen molar-refractivity contribution in [1.29, 1.82) is 0 Å². The van der Waals surface area contributed by atoms with Gasteiger partial charge in [-0.1, -0.05) is 17.3 Å². The lowest BCUT2D eigenvalue weighted by atomic mass is 10.1. The van der Waals surface area contributed by atoms with Gasteiger partial charge in [0.2, 0.25) is 0 Å². The van der Waals surface area contributed by atoms with Gasteiger partial charge >= 0.3 is 0 Å². The van der Waals surface area contributed by atoms with E-state index in [0.717, 1.165) is 37.4 Å². The topological polar surface area (TPSA) is 66.0 Å². The number of benzene rings is 1. The molecular weight excluding hydrogens is 228 g/mol. The lowest BCUT2D eigenvalue weighted by Crippen LogP contribution is -2.02. The molecule has 1 aliphatic heterocycles. The summed E-state index contributed by atoms with van der Waals surface area (Å²) in [7, 11) is 0. The standard InChI is InChI=1S/C13H16N4O/c14-8-12-9-17(16-15-12)5-3-10-1-2-13-11(7-10)4-6-18-13/h1-2,7,9H,3-6,8,14H2. The molecule has 5 nitrogen and oxygen atoms in total. The van der Waals surface area contributed by atoms with E-state index in [4.69, 9.17) is 10.5 Å². The van der Waals surface area contributed by atoms with Crippen LogP contribution >= 0.6 is 0 Å². The number of hydrogen-bond acceptors (Lipinski definition) is 4. The fraction of sp³-hybridized carbons (Fsp3) is 0.385. The zero-order chi connectivity index (χ0) is 12.4. The molecule has 1 aromatic carbocycles. The predicted octanol–water partition coefficient (Wildman–Crippen LogP) is 0.914. The van der Waals surface area contributed by atoms with Crippen molar-refractivity contribution in [2.75, 3.05) is 6.61 Å². The molecule has 0 fully saturated rings. The number of rotatable bonds is 4. The van der Waals surface area contributed by atoms with Gasteiger partial charge in [0.25, 0.3) is 0 Å². The fourth-order valence-electron chi connectivity index (χ4n) is 2.18. The highest BCUT2D eigenvalue weighted by atomic mass is 16.5. The van der Waals surface area contributed by atoms with Crippen molar-refractivity contribution < 1.29 is 4.74 Å². The second kappa shape index (κ2) is 4.78. The number of ether oxygens (including phenoxy) is 1. The van der Waals surface area contributed by atoms with E-state index in [1.807, 2.05) is 10.9 Å². The Bertz CT molecular complexity index is 550. The molecule has 0 saturated heterocycles. The first kappa shape index (κ1) is 11.2. The van der Waals surface area contributed by atoms with Crippen molar-refractivity contribution in [1.82, 2.24) is 15.0 Å². The minimum Gasteiger partial charge on any atom is -0.493 e. The quantitative estimate of drug-likeness (QED) is 0.868. The first-order chi connectivity index (χ1) is 8.85. The van der Waals surface area contributed by atoms with E-state index in [-0.39, 0.29) is 0 Å². The summed E-state index contributed by atoms with van der Waals surface area (Å²) in [6.45, 7) is 2.07. The summed E-state index contributed by atoms with van der Waals surface area (Å²) in [6, 6.07) is 6.40. The van der Waals surface area contributed by atoms with Crippen molar-refractivity contribution in [3.8, 4) is 5.75 Å². The smallest absolute Gasteiger partial charge is 0.122 e. The van der Waals surface area contributed by atoms with Crippen molar-refractivity contribution >= 4 is 0 Å². The average molecular weight is 244 g/mol. The van der Waals surface area contributed by atoms with Gasteiger partial charge in [-0.3, -0.25) is 4.68 Å². The molecule has 2 aromatic rings. The monoisotopic (exact) mass is 244 g/mol. The lowest BCUT2D eigenvalue weighted by molar-refractivity contribution is 0.357. The third-order valence-corrected chi connectivity index (χ3v) is 3.18. The second-order valence-corrected chi connectivity index (χ2v) is 4.47. The Morgan fingerprint density at radius 2 is 2.33 bits per heavy atom. The zero-order valence-corrected chi connectivity index (χ0v) is 10.2. The number of aryl methyl sites for hydroxylation is 2. The molecule has 0 bridgehead atoms. The van der Waals surface area contributed by atoms with Crippen LogP contribution in [0.15, 0.2) is 24.4 Å². The lowest BCUT2D eigenvalue weighted by Gasteiger charge is -2.04. The maximum atomic E-state index is 5.50. The highest BCUT2D eigenvalue weighted by Crippen LogP contribution is 2.26. The number of hydrogen-bond donors (Lipinski definition) is 1. The molecule has 18 heavy (non-hydrogen) atoms. The number of nitrogens with two attached hydrogens (primary N) is 1. The molecule has 1 aliphatic rings. The van der Waals surface area contributed by atoms with E-state index in [1.165, 1.54) is 11.1 Å². The predicted molar refractivity (Wildman–Crippen MR) is 67.3 cm³/mol. The van der Waals surface area contributed by atoms with E-state index >= 15 is 0 Å². The summed E-state index contributed by atoms with van der Waals surface area (Å²) in [4.78, 5) is 0. The van der Waals surface area contributed by atoms with Gasteiger partial charge in [-0.2, -0.15) is 0 Å².